The van der Waals surface area contributed by atoms with Gasteiger partial charge in [-0.25, -0.2) is 18.4 Å². The van der Waals surface area contributed by atoms with E-state index in [0.29, 0.717) is 61.2 Å². The second-order valence-corrected chi connectivity index (χ2v) is 7.62. The molecule has 0 aliphatic carbocycles. The molecule has 0 unspecified atom stereocenters. The van der Waals surface area contributed by atoms with Crippen LogP contribution in [-0.2, 0) is 17.8 Å². The molecule has 4 heterocycles. The Morgan fingerprint density at radius 3 is 2.76 bits per heavy atom. The van der Waals surface area contributed by atoms with Gasteiger partial charge < -0.3 is 20.1 Å². The number of nitrogens with zero attached hydrogens (tertiary/aromatic N) is 7. The third-order valence-corrected chi connectivity index (χ3v) is 5.38. The summed E-state index contributed by atoms with van der Waals surface area (Å²) in [5.74, 6) is -1.50. The van der Waals surface area contributed by atoms with Gasteiger partial charge >= 0.3 is 0 Å². The number of morpholine rings is 1. The predicted octanol–water partition coefficient (Wildman–Crippen LogP) is 1.92. The van der Waals surface area contributed by atoms with Crippen LogP contribution in [0.1, 0.15) is 5.56 Å². The van der Waals surface area contributed by atoms with E-state index in [1.807, 2.05) is 4.90 Å². The molecule has 172 valence electrons. The molecule has 12 heteroatoms. The van der Waals surface area contributed by atoms with E-state index in [1.165, 1.54) is 10.7 Å². The number of ether oxygens (including phenoxy) is 1. The quantitative estimate of drug-likeness (QED) is 0.435. The topological polar surface area (TPSA) is 106 Å². The Morgan fingerprint density at radius 2 is 1.94 bits per heavy atom. The molecule has 1 fully saturated rings. The number of aliphatic hydroxyl groups is 1. The van der Waals surface area contributed by atoms with Crippen molar-refractivity contribution in [1.29, 1.82) is 0 Å². The van der Waals surface area contributed by atoms with Crippen molar-refractivity contribution in [2.45, 2.75) is 13.1 Å². The van der Waals surface area contributed by atoms with Crippen LogP contribution in [0.25, 0.3) is 11.0 Å². The molecule has 0 amide bonds. The summed E-state index contributed by atoms with van der Waals surface area (Å²) < 4.78 is 37.5. The van der Waals surface area contributed by atoms with Crippen molar-refractivity contribution in [3.05, 3.63) is 54.1 Å². The normalized spacial score (nSPS) is 14.2. The summed E-state index contributed by atoms with van der Waals surface area (Å²) in [6.45, 7) is 2.69. The first-order valence-corrected chi connectivity index (χ1v) is 10.5. The second-order valence-electron chi connectivity index (χ2n) is 7.62. The largest absolute Gasteiger partial charge is 0.394 e. The van der Waals surface area contributed by atoms with Crippen molar-refractivity contribution in [2.24, 2.45) is 0 Å². The van der Waals surface area contributed by atoms with Crippen LogP contribution in [0, 0.1) is 11.6 Å². The smallest absolute Gasteiger partial charge is 0.229 e. The first-order chi connectivity index (χ1) is 16.1. The molecular formula is C21H22F2N8O2. The minimum Gasteiger partial charge on any atom is -0.394 e. The van der Waals surface area contributed by atoms with Crippen LogP contribution in [0.15, 0.2) is 36.9 Å². The summed E-state index contributed by atoms with van der Waals surface area (Å²) in [5, 5.41) is 21.2. The summed E-state index contributed by atoms with van der Waals surface area (Å²) in [6, 6.07) is 2.86. The molecule has 0 atom stereocenters. The Kier molecular flexibility index (Phi) is 5.84. The van der Waals surface area contributed by atoms with Gasteiger partial charge in [0.1, 0.15) is 0 Å². The maximum atomic E-state index is 14.6. The van der Waals surface area contributed by atoms with Crippen LogP contribution in [0.2, 0.25) is 0 Å². The lowest BCUT2D eigenvalue weighted by Crippen LogP contribution is -2.36. The molecule has 33 heavy (non-hydrogen) atoms. The van der Waals surface area contributed by atoms with E-state index in [1.54, 1.807) is 35.5 Å². The van der Waals surface area contributed by atoms with E-state index in [0.717, 1.165) is 0 Å². The van der Waals surface area contributed by atoms with Crippen LogP contribution in [0.3, 0.4) is 0 Å². The van der Waals surface area contributed by atoms with Crippen molar-refractivity contribution >= 4 is 28.4 Å². The van der Waals surface area contributed by atoms with Crippen molar-refractivity contribution in [3.63, 3.8) is 0 Å². The van der Waals surface area contributed by atoms with E-state index in [4.69, 9.17) is 9.84 Å². The standard InChI is InChI=1S/C21H22F2N8O2/c22-18-8-17(29-2-5-33-6-3-29)7-14(19(18)23)12-31-20-15(10-26-31)9-24-21(28-20)27-16-11-25-30(13-16)1-4-32/h7-11,13,32H,1-6,12H2,(H,24,27,28). The van der Waals surface area contributed by atoms with Crippen LogP contribution in [0.4, 0.5) is 26.1 Å². The molecule has 0 spiro atoms. The molecule has 4 aromatic rings. The number of benzene rings is 1. The first kappa shape index (κ1) is 21.2. The highest BCUT2D eigenvalue weighted by molar-refractivity contribution is 5.75. The van der Waals surface area contributed by atoms with Crippen molar-refractivity contribution in [1.82, 2.24) is 29.5 Å². The van der Waals surface area contributed by atoms with Crippen LogP contribution in [-0.4, -0.2) is 67.5 Å². The van der Waals surface area contributed by atoms with Gasteiger partial charge in [-0.3, -0.25) is 4.68 Å². The number of anilines is 3. The summed E-state index contributed by atoms with van der Waals surface area (Å²) in [4.78, 5) is 10.7. The van der Waals surface area contributed by atoms with Gasteiger partial charge in [-0.15, -0.1) is 0 Å². The fourth-order valence-corrected chi connectivity index (χ4v) is 3.74. The summed E-state index contributed by atoms with van der Waals surface area (Å²) in [7, 11) is 0. The van der Waals surface area contributed by atoms with E-state index in [2.05, 4.69) is 25.5 Å². The number of fused-ring (bicyclic) bond motifs is 1. The fourth-order valence-electron chi connectivity index (χ4n) is 3.74. The molecule has 1 aliphatic heterocycles. The van der Waals surface area contributed by atoms with Crippen LogP contribution >= 0.6 is 0 Å². The van der Waals surface area contributed by atoms with Gasteiger partial charge in [0.05, 0.1) is 56.4 Å². The average Bonchev–Trinajstić information content (AvgIpc) is 3.44. The molecular weight excluding hydrogens is 434 g/mol. The van der Waals surface area contributed by atoms with Gasteiger partial charge in [0.2, 0.25) is 5.95 Å². The Labute approximate surface area is 187 Å². The van der Waals surface area contributed by atoms with Gasteiger partial charge in [-0.05, 0) is 6.07 Å². The number of aliphatic hydroxyl groups excluding tert-OH is 1. The molecule has 0 saturated carbocycles. The first-order valence-electron chi connectivity index (χ1n) is 10.5. The van der Waals surface area contributed by atoms with Crippen molar-refractivity contribution in [3.8, 4) is 0 Å². The Morgan fingerprint density at radius 1 is 1.09 bits per heavy atom. The van der Waals surface area contributed by atoms with E-state index < -0.39 is 11.6 Å². The molecule has 5 rings (SSSR count). The lowest BCUT2D eigenvalue weighted by molar-refractivity contribution is 0.122. The highest BCUT2D eigenvalue weighted by Gasteiger charge is 2.18. The Hall–Kier alpha value is -3.64. The Balaban J connectivity index is 1.42. The number of nitrogens with one attached hydrogen (secondary N) is 1. The third-order valence-electron chi connectivity index (χ3n) is 5.38. The molecule has 0 bridgehead atoms. The van der Waals surface area contributed by atoms with Gasteiger partial charge in [-0.1, -0.05) is 0 Å². The number of hydrogen-bond donors (Lipinski definition) is 2. The van der Waals surface area contributed by atoms with Crippen molar-refractivity contribution in [2.75, 3.05) is 43.1 Å². The number of rotatable bonds is 7. The molecule has 0 radical (unpaired) electrons. The Bertz CT molecular complexity index is 1270. The zero-order valence-corrected chi connectivity index (χ0v) is 17.7. The van der Waals surface area contributed by atoms with E-state index in [9.17, 15) is 8.78 Å². The molecule has 1 aliphatic rings. The molecule has 1 aromatic carbocycles. The predicted molar refractivity (Wildman–Crippen MR) is 116 cm³/mol. The molecule has 1 saturated heterocycles. The SMILES string of the molecule is OCCn1cc(Nc2ncc3cnn(Cc4cc(N5CCOCC5)cc(F)c4F)c3n2)cn1. The monoisotopic (exact) mass is 456 g/mol. The van der Waals surface area contributed by atoms with Gasteiger partial charge in [0, 0.05) is 42.8 Å². The lowest BCUT2D eigenvalue weighted by Gasteiger charge is -2.29. The van der Waals surface area contributed by atoms with Crippen LogP contribution < -0.4 is 10.2 Å². The van der Waals surface area contributed by atoms with Gasteiger partial charge in [0.15, 0.2) is 17.3 Å². The number of hydrogen-bond acceptors (Lipinski definition) is 8. The van der Waals surface area contributed by atoms with Crippen molar-refractivity contribution < 1.29 is 18.6 Å². The highest BCUT2D eigenvalue weighted by atomic mass is 19.2. The number of aromatic nitrogens is 6. The van der Waals surface area contributed by atoms with E-state index >= 15 is 0 Å². The molecule has 3 aromatic heterocycles. The summed E-state index contributed by atoms with van der Waals surface area (Å²) in [5.41, 5.74) is 1.92. The van der Waals surface area contributed by atoms with E-state index in [-0.39, 0.29) is 18.7 Å². The van der Waals surface area contributed by atoms with Crippen LogP contribution in [0.5, 0.6) is 0 Å². The zero-order valence-electron chi connectivity index (χ0n) is 17.7. The minimum absolute atomic E-state index is 0.00925. The third kappa shape index (κ3) is 4.47. The minimum atomic E-state index is -0.903. The lowest BCUT2D eigenvalue weighted by atomic mass is 10.1. The summed E-state index contributed by atoms with van der Waals surface area (Å²) in [6.07, 6.45) is 6.50. The van der Waals surface area contributed by atoms with Gasteiger partial charge in [0.25, 0.3) is 0 Å². The maximum Gasteiger partial charge on any atom is 0.229 e. The maximum absolute atomic E-state index is 14.6. The van der Waals surface area contributed by atoms with Gasteiger partial charge in [-0.2, -0.15) is 15.2 Å². The molecule has 2 N–H and O–H groups in total. The average molecular weight is 456 g/mol. The highest BCUT2D eigenvalue weighted by Crippen LogP contribution is 2.25. The second kappa shape index (κ2) is 9.08. The summed E-state index contributed by atoms with van der Waals surface area (Å²) >= 11 is 0. The fraction of sp³-hybridized carbons (Fsp3) is 0.333. The number of halogens is 2. The molecule has 10 nitrogen and oxygen atoms in total. The zero-order chi connectivity index (χ0) is 22.8.